The zero-order valence-corrected chi connectivity index (χ0v) is 13.1. The number of anilines is 1. The number of rotatable bonds is 3. The van der Waals surface area contributed by atoms with Crippen LogP contribution in [-0.2, 0) is 17.8 Å². The molecule has 2 heterocycles. The van der Waals surface area contributed by atoms with E-state index in [0.717, 1.165) is 10.0 Å². The number of Topliss-reactive ketones (excluding diaryl/α,β-unsaturated/α-hetero) is 1. The highest BCUT2D eigenvalue weighted by molar-refractivity contribution is 9.10. The first-order valence-corrected chi connectivity index (χ1v) is 7.28. The van der Waals surface area contributed by atoms with Gasteiger partial charge < -0.3 is 4.42 Å². The molecule has 0 bridgehead atoms. The molecule has 1 aromatic heterocycles. The standard InChI is InChI=1S/C14H12BrN3O3/c1-3-10-16-17-11(21-10)6-18-12-7(2)4-8(15)5-9(12)13(19)14(18)20/h4-5H,3,6H2,1-2H3. The van der Waals surface area contributed by atoms with Gasteiger partial charge in [-0.15, -0.1) is 10.2 Å². The summed E-state index contributed by atoms with van der Waals surface area (Å²) in [5, 5.41) is 7.77. The van der Waals surface area contributed by atoms with E-state index in [4.69, 9.17) is 4.42 Å². The SMILES string of the molecule is CCc1nnc(CN2C(=O)C(=O)c3cc(Br)cc(C)c32)o1. The van der Waals surface area contributed by atoms with Crippen LogP contribution in [-0.4, -0.2) is 21.9 Å². The van der Waals surface area contributed by atoms with Crippen LogP contribution in [0.3, 0.4) is 0 Å². The molecular weight excluding hydrogens is 338 g/mol. The molecule has 0 saturated carbocycles. The Morgan fingerprint density at radius 3 is 2.62 bits per heavy atom. The van der Waals surface area contributed by atoms with E-state index in [1.165, 1.54) is 4.90 Å². The summed E-state index contributed by atoms with van der Waals surface area (Å²) in [6, 6.07) is 3.52. The normalized spacial score (nSPS) is 14.0. The predicted molar refractivity (Wildman–Crippen MR) is 78.1 cm³/mol. The second-order valence-corrected chi connectivity index (χ2v) is 5.70. The van der Waals surface area contributed by atoms with Gasteiger partial charge in [-0.05, 0) is 24.6 Å². The van der Waals surface area contributed by atoms with E-state index < -0.39 is 11.7 Å². The molecule has 1 aliphatic heterocycles. The Hall–Kier alpha value is -2.02. The molecule has 0 fully saturated rings. The monoisotopic (exact) mass is 349 g/mol. The number of aryl methyl sites for hydroxylation is 2. The Balaban J connectivity index is 2.01. The molecule has 0 N–H and O–H groups in total. The lowest BCUT2D eigenvalue weighted by atomic mass is 10.1. The fraction of sp³-hybridized carbons (Fsp3) is 0.286. The van der Waals surface area contributed by atoms with Gasteiger partial charge >= 0.3 is 0 Å². The van der Waals surface area contributed by atoms with Crippen LogP contribution in [0.1, 0.15) is 34.6 Å². The van der Waals surface area contributed by atoms with Crippen LogP contribution in [0.25, 0.3) is 0 Å². The molecule has 1 aliphatic rings. The van der Waals surface area contributed by atoms with E-state index in [0.29, 0.717) is 29.5 Å². The molecule has 0 unspecified atom stereocenters. The summed E-state index contributed by atoms with van der Waals surface area (Å²) >= 11 is 3.34. The fourth-order valence-corrected chi connectivity index (χ4v) is 2.96. The van der Waals surface area contributed by atoms with E-state index in [1.54, 1.807) is 6.07 Å². The number of ketones is 1. The number of amides is 1. The molecule has 21 heavy (non-hydrogen) atoms. The van der Waals surface area contributed by atoms with Gasteiger partial charge in [0.1, 0.15) is 6.54 Å². The van der Waals surface area contributed by atoms with E-state index in [9.17, 15) is 9.59 Å². The topological polar surface area (TPSA) is 76.3 Å². The summed E-state index contributed by atoms with van der Waals surface area (Å²) in [5.74, 6) is -0.244. The third-order valence-electron chi connectivity index (χ3n) is 3.32. The van der Waals surface area contributed by atoms with Crippen molar-refractivity contribution in [3.8, 4) is 0 Å². The molecule has 108 valence electrons. The first kappa shape index (κ1) is 13.9. The minimum absolute atomic E-state index is 0.104. The van der Waals surface area contributed by atoms with E-state index in [2.05, 4.69) is 26.1 Å². The molecule has 0 spiro atoms. The van der Waals surface area contributed by atoms with Gasteiger partial charge in [-0.2, -0.15) is 0 Å². The van der Waals surface area contributed by atoms with Crippen molar-refractivity contribution in [3.05, 3.63) is 39.5 Å². The molecule has 3 rings (SSSR count). The number of aromatic nitrogens is 2. The first-order valence-electron chi connectivity index (χ1n) is 6.49. The van der Waals surface area contributed by atoms with Crippen molar-refractivity contribution in [3.63, 3.8) is 0 Å². The number of carbonyl (C=O) groups excluding carboxylic acids is 2. The third-order valence-corrected chi connectivity index (χ3v) is 3.78. The van der Waals surface area contributed by atoms with Gasteiger partial charge in [0.05, 0.1) is 11.3 Å². The molecule has 2 aromatic rings. The lowest BCUT2D eigenvalue weighted by molar-refractivity contribution is -0.114. The van der Waals surface area contributed by atoms with Crippen LogP contribution in [0.2, 0.25) is 0 Å². The zero-order chi connectivity index (χ0) is 15.1. The van der Waals surface area contributed by atoms with Crippen molar-refractivity contribution in [1.29, 1.82) is 0 Å². The van der Waals surface area contributed by atoms with E-state index >= 15 is 0 Å². The van der Waals surface area contributed by atoms with Crippen LogP contribution in [0.15, 0.2) is 21.0 Å². The lowest BCUT2D eigenvalue weighted by Gasteiger charge is -2.16. The minimum atomic E-state index is -0.567. The Kier molecular flexibility index (Phi) is 3.36. The summed E-state index contributed by atoms with van der Waals surface area (Å²) in [5.41, 5.74) is 1.86. The fourth-order valence-electron chi connectivity index (χ4n) is 2.39. The smallest absolute Gasteiger partial charge is 0.299 e. The highest BCUT2D eigenvalue weighted by atomic mass is 79.9. The largest absolute Gasteiger partial charge is 0.423 e. The van der Waals surface area contributed by atoms with E-state index in [-0.39, 0.29) is 6.54 Å². The second-order valence-electron chi connectivity index (χ2n) is 4.78. The number of halogens is 1. The summed E-state index contributed by atoms with van der Waals surface area (Å²) in [4.78, 5) is 25.7. The summed E-state index contributed by atoms with van der Waals surface area (Å²) in [7, 11) is 0. The highest BCUT2D eigenvalue weighted by Crippen LogP contribution is 2.35. The molecule has 7 heteroatoms. The molecular formula is C14H12BrN3O3. The average Bonchev–Trinajstić information content (AvgIpc) is 2.98. The van der Waals surface area contributed by atoms with Crippen molar-refractivity contribution in [2.24, 2.45) is 0 Å². The van der Waals surface area contributed by atoms with Gasteiger partial charge in [0.15, 0.2) is 0 Å². The van der Waals surface area contributed by atoms with Crippen LogP contribution < -0.4 is 4.90 Å². The minimum Gasteiger partial charge on any atom is -0.423 e. The average molecular weight is 350 g/mol. The van der Waals surface area contributed by atoms with Gasteiger partial charge in [0, 0.05) is 10.9 Å². The number of fused-ring (bicyclic) bond motifs is 1. The first-order chi connectivity index (χ1) is 10.0. The molecule has 0 aliphatic carbocycles. The summed E-state index contributed by atoms with van der Waals surface area (Å²) in [6.07, 6.45) is 0.627. The highest BCUT2D eigenvalue weighted by Gasteiger charge is 2.38. The van der Waals surface area contributed by atoms with Gasteiger partial charge in [0.2, 0.25) is 11.8 Å². The predicted octanol–water partition coefficient (Wildman–Crippen LogP) is 2.43. The van der Waals surface area contributed by atoms with Crippen LogP contribution in [0.4, 0.5) is 5.69 Å². The molecule has 1 aromatic carbocycles. The maximum Gasteiger partial charge on any atom is 0.299 e. The van der Waals surface area contributed by atoms with Gasteiger partial charge in [-0.1, -0.05) is 22.9 Å². The molecule has 0 saturated heterocycles. The van der Waals surface area contributed by atoms with Gasteiger partial charge in [-0.25, -0.2) is 0 Å². The van der Waals surface area contributed by atoms with Gasteiger partial charge in [0.25, 0.3) is 11.7 Å². The van der Waals surface area contributed by atoms with Crippen LogP contribution >= 0.6 is 15.9 Å². The molecule has 0 radical (unpaired) electrons. The zero-order valence-electron chi connectivity index (χ0n) is 11.5. The Labute approximate surface area is 129 Å². The van der Waals surface area contributed by atoms with E-state index in [1.807, 2.05) is 19.9 Å². The summed E-state index contributed by atoms with van der Waals surface area (Å²) < 4.78 is 6.19. The van der Waals surface area contributed by atoms with Crippen molar-refractivity contribution in [2.75, 3.05) is 4.90 Å². The van der Waals surface area contributed by atoms with Crippen molar-refractivity contribution in [1.82, 2.24) is 10.2 Å². The maximum atomic E-state index is 12.2. The number of nitrogens with zero attached hydrogens (tertiary/aromatic N) is 3. The number of benzene rings is 1. The molecule has 6 nitrogen and oxygen atoms in total. The Morgan fingerprint density at radius 1 is 1.24 bits per heavy atom. The lowest BCUT2D eigenvalue weighted by Crippen LogP contribution is -2.29. The second kappa shape index (κ2) is 5.07. The molecule has 0 atom stereocenters. The third kappa shape index (κ3) is 2.27. The Morgan fingerprint density at radius 2 is 1.95 bits per heavy atom. The van der Waals surface area contributed by atoms with Crippen molar-refractivity contribution in [2.45, 2.75) is 26.8 Å². The maximum absolute atomic E-state index is 12.2. The number of hydrogen-bond donors (Lipinski definition) is 0. The van der Waals surface area contributed by atoms with Crippen molar-refractivity contribution >= 4 is 33.3 Å². The van der Waals surface area contributed by atoms with Crippen LogP contribution in [0.5, 0.6) is 0 Å². The number of carbonyl (C=O) groups is 2. The summed E-state index contributed by atoms with van der Waals surface area (Å²) in [6.45, 7) is 3.86. The number of hydrogen-bond acceptors (Lipinski definition) is 5. The van der Waals surface area contributed by atoms with Crippen LogP contribution in [0, 0.1) is 6.92 Å². The van der Waals surface area contributed by atoms with Gasteiger partial charge in [-0.3, -0.25) is 14.5 Å². The Bertz CT molecular complexity index is 754. The van der Waals surface area contributed by atoms with Crippen molar-refractivity contribution < 1.29 is 14.0 Å². The quantitative estimate of drug-likeness (QED) is 0.795. The molecule has 1 amide bonds.